The van der Waals surface area contributed by atoms with E-state index in [9.17, 15) is 13.2 Å². The van der Waals surface area contributed by atoms with Crippen molar-refractivity contribution < 1.29 is 13.2 Å². The molecule has 11 heteroatoms. The van der Waals surface area contributed by atoms with Crippen LogP contribution >= 0.6 is 11.8 Å². The first-order valence-electron chi connectivity index (χ1n) is 11.2. The van der Waals surface area contributed by atoms with Crippen LogP contribution in [0.5, 0.6) is 0 Å². The van der Waals surface area contributed by atoms with E-state index in [0.29, 0.717) is 37.1 Å². The maximum absolute atomic E-state index is 12.8. The van der Waals surface area contributed by atoms with E-state index in [4.69, 9.17) is 0 Å². The van der Waals surface area contributed by atoms with Crippen molar-refractivity contribution in [1.29, 1.82) is 0 Å². The number of aromatic nitrogens is 3. The van der Waals surface area contributed by atoms with Gasteiger partial charge in [-0.1, -0.05) is 30.0 Å². The number of anilines is 1. The van der Waals surface area contributed by atoms with Crippen LogP contribution in [0.15, 0.2) is 40.4 Å². The van der Waals surface area contributed by atoms with Crippen LogP contribution < -0.4 is 4.90 Å². The van der Waals surface area contributed by atoms with Crippen molar-refractivity contribution in [2.24, 2.45) is 0 Å². The number of piperazine rings is 1. The van der Waals surface area contributed by atoms with Crippen LogP contribution in [0.1, 0.15) is 31.7 Å². The maximum Gasteiger partial charge on any atom is 0.243 e. The van der Waals surface area contributed by atoms with E-state index in [0.717, 1.165) is 37.0 Å². The highest BCUT2D eigenvalue weighted by molar-refractivity contribution is 7.99. The van der Waals surface area contributed by atoms with Crippen molar-refractivity contribution in [1.82, 2.24) is 24.0 Å². The van der Waals surface area contributed by atoms with Crippen LogP contribution in [0.25, 0.3) is 0 Å². The largest absolute Gasteiger partial charge is 0.341 e. The molecule has 0 bridgehead atoms. The Bertz CT molecular complexity index is 1060. The summed E-state index contributed by atoms with van der Waals surface area (Å²) in [7, 11) is -3.52. The number of carbonyl (C=O) groups is 1. The van der Waals surface area contributed by atoms with E-state index >= 15 is 0 Å². The first-order valence-corrected chi connectivity index (χ1v) is 13.6. The summed E-state index contributed by atoms with van der Waals surface area (Å²) in [6.07, 6.45) is 4.64. The van der Waals surface area contributed by atoms with Crippen LogP contribution in [0.2, 0.25) is 0 Å². The molecule has 2 aromatic rings. The van der Waals surface area contributed by atoms with Gasteiger partial charge < -0.3 is 9.80 Å². The second-order valence-electron chi connectivity index (χ2n) is 8.46. The van der Waals surface area contributed by atoms with Crippen molar-refractivity contribution >= 4 is 33.6 Å². The van der Waals surface area contributed by atoms with Crippen molar-refractivity contribution in [2.75, 3.05) is 49.9 Å². The number of hydrogen-bond donors (Lipinski definition) is 0. The molecule has 1 saturated carbocycles. The molecule has 9 nitrogen and oxygen atoms in total. The lowest BCUT2D eigenvalue weighted by atomic mass is 10.3. The summed E-state index contributed by atoms with van der Waals surface area (Å²) in [4.78, 5) is 17.2. The topological polar surface area (TPSA) is 91.6 Å². The van der Waals surface area contributed by atoms with Crippen LogP contribution in [0, 0.1) is 0 Å². The lowest BCUT2D eigenvalue weighted by Gasteiger charge is -2.34. The number of amides is 1. The molecule has 2 aliphatic heterocycles. The molecular weight excluding hydrogens is 448 g/mol. The molecule has 32 heavy (non-hydrogen) atoms. The Balaban J connectivity index is 1.18. The second-order valence-corrected chi connectivity index (χ2v) is 11.3. The van der Waals surface area contributed by atoms with E-state index in [1.54, 1.807) is 35.2 Å². The van der Waals surface area contributed by atoms with Gasteiger partial charge in [0.15, 0.2) is 5.16 Å². The molecule has 0 N–H and O–H groups in total. The molecule has 172 valence electrons. The Morgan fingerprint density at radius 3 is 2.31 bits per heavy atom. The third-order valence-electron chi connectivity index (χ3n) is 6.24. The van der Waals surface area contributed by atoms with Crippen molar-refractivity contribution in [3.05, 3.63) is 30.3 Å². The minimum atomic E-state index is -3.52. The Kier molecular flexibility index (Phi) is 6.13. The maximum atomic E-state index is 12.8. The quantitative estimate of drug-likeness (QED) is 0.563. The van der Waals surface area contributed by atoms with Gasteiger partial charge in [0.25, 0.3) is 0 Å². The fourth-order valence-corrected chi connectivity index (χ4v) is 6.64. The Hall–Kier alpha value is -2.11. The van der Waals surface area contributed by atoms with E-state index in [-0.39, 0.29) is 11.7 Å². The van der Waals surface area contributed by atoms with Crippen LogP contribution in [-0.4, -0.2) is 83.3 Å². The van der Waals surface area contributed by atoms with Gasteiger partial charge in [-0.3, -0.25) is 9.36 Å². The van der Waals surface area contributed by atoms with Gasteiger partial charge in [0.2, 0.25) is 21.9 Å². The number of thioether (sulfide) groups is 1. The first kappa shape index (κ1) is 21.7. The minimum Gasteiger partial charge on any atom is -0.341 e. The van der Waals surface area contributed by atoms with Crippen LogP contribution in [0.3, 0.4) is 0 Å². The molecule has 2 saturated heterocycles. The van der Waals surface area contributed by atoms with Gasteiger partial charge in [0.05, 0.1) is 10.6 Å². The normalized spacial score (nSPS) is 20.1. The third kappa shape index (κ3) is 4.38. The lowest BCUT2D eigenvalue weighted by Crippen LogP contribution is -2.50. The Labute approximate surface area is 192 Å². The number of sulfonamides is 1. The summed E-state index contributed by atoms with van der Waals surface area (Å²) in [5, 5.41) is 9.64. The van der Waals surface area contributed by atoms with Gasteiger partial charge in [-0.05, 0) is 37.8 Å². The lowest BCUT2D eigenvalue weighted by molar-refractivity contribution is -0.129. The van der Waals surface area contributed by atoms with Gasteiger partial charge in [-0.25, -0.2) is 8.42 Å². The Morgan fingerprint density at radius 2 is 1.66 bits per heavy atom. The summed E-state index contributed by atoms with van der Waals surface area (Å²) in [5.41, 5.74) is 0. The molecule has 3 aliphatic rings. The van der Waals surface area contributed by atoms with Gasteiger partial charge in [0, 0.05) is 45.3 Å². The Morgan fingerprint density at radius 1 is 0.969 bits per heavy atom. The summed E-state index contributed by atoms with van der Waals surface area (Å²) >= 11 is 1.44. The summed E-state index contributed by atoms with van der Waals surface area (Å²) in [6.45, 7) is 3.46. The smallest absolute Gasteiger partial charge is 0.243 e. The van der Waals surface area contributed by atoms with Gasteiger partial charge >= 0.3 is 0 Å². The molecule has 1 aromatic carbocycles. The van der Waals surface area contributed by atoms with Crippen molar-refractivity contribution in [2.45, 2.75) is 41.8 Å². The zero-order valence-electron chi connectivity index (χ0n) is 18.0. The summed E-state index contributed by atoms with van der Waals surface area (Å²) < 4.78 is 29.3. The molecule has 1 amide bonds. The van der Waals surface area contributed by atoms with Crippen molar-refractivity contribution in [3.63, 3.8) is 0 Å². The molecule has 0 atom stereocenters. The molecule has 5 rings (SSSR count). The number of hydrogen-bond acceptors (Lipinski definition) is 7. The number of benzene rings is 1. The first-order chi connectivity index (χ1) is 15.5. The predicted molar refractivity (Wildman–Crippen MR) is 122 cm³/mol. The van der Waals surface area contributed by atoms with Gasteiger partial charge in [0.1, 0.15) is 0 Å². The highest BCUT2D eigenvalue weighted by Crippen LogP contribution is 2.41. The van der Waals surface area contributed by atoms with Gasteiger partial charge in [-0.15, -0.1) is 10.2 Å². The zero-order chi connectivity index (χ0) is 22.1. The van der Waals surface area contributed by atoms with Crippen molar-refractivity contribution in [3.8, 4) is 0 Å². The standard InChI is InChI=1S/C21H28N6O3S2/c28-19(24-12-14-26(15-13-24)32(29,30)18-6-2-1-3-7-18)16-31-21-23-22-20(25-10-4-5-11-25)27(21)17-8-9-17/h1-3,6-7,17H,4-5,8-16H2. The zero-order valence-corrected chi connectivity index (χ0v) is 19.6. The number of rotatable bonds is 7. The van der Waals surface area contributed by atoms with E-state index in [1.807, 2.05) is 0 Å². The molecule has 3 heterocycles. The molecular formula is C21H28N6O3S2. The molecule has 0 radical (unpaired) electrons. The van der Waals surface area contributed by atoms with E-state index in [2.05, 4.69) is 19.7 Å². The highest BCUT2D eigenvalue weighted by Gasteiger charge is 2.33. The monoisotopic (exact) mass is 476 g/mol. The van der Waals surface area contributed by atoms with Crippen LogP contribution in [-0.2, 0) is 14.8 Å². The highest BCUT2D eigenvalue weighted by atomic mass is 32.2. The number of nitrogens with zero attached hydrogens (tertiary/aromatic N) is 6. The summed E-state index contributed by atoms with van der Waals surface area (Å²) in [5.74, 6) is 1.25. The average Bonchev–Trinajstić information content (AvgIpc) is 3.33. The van der Waals surface area contributed by atoms with E-state index < -0.39 is 10.0 Å². The van der Waals surface area contributed by atoms with Gasteiger partial charge in [-0.2, -0.15) is 4.31 Å². The minimum absolute atomic E-state index is 0.0137. The number of carbonyl (C=O) groups excluding carboxylic acids is 1. The van der Waals surface area contributed by atoms with Crippen LogP contribution in [0.4, 0.5) is 5.95 Å². The summed E-state index contributed by atoms with van der Waals surface area (Å²) in [6, 6.07) is 8.90. The predicted octanol–water partition coefficient (Wildman–Crippen LogP) is 1.84. The average molecular weight is 477 g/mol. The molecule has 1 aliphatic carbocycles. The molecule has 3 fully saturated rings. The second kappa shape index (κ2) is 9.03. The fourth-order valence-electron chi connectivity index (χ4n) is 4.29. The van der Waals surface area contributed by atoms with E-state index in [1.165, 1.54) is 28.9 Å². The molecule has 0 unspecified atom stereocenters. The molecule has 1 aromatic heterocycles. The third-order valence-corrected chi connectivity index (χ3v) is 9.09. The molecule has 0 spiro atoms. The fraction of sp³-hybridized carbons (Fsp3) is 0.571. The SMILES string of the molecule is O=C(CSc1nnc(N2CCCC2)n1C1CC1)N1CCN(S(=O)(=O)c2ccccc2)CC1.